The van der Waals surface area contributed by atoms with Gasteiger partial charge in [0, 0.05) is 17.2 Å². The first-order chi connectivity index (χ1) is 8.74. The third-order valence-electron chi connectivity index (χ3n) is 3.79. The molecule has 1 aromatic carbocycles. The highest BCUT2D eigenvalue weighted by atomic mass is 16.5. The highest BCUT2D eigenvalue weighted by Gasteiger charge is 2.29. The van der Waals surface area contributed by atoms with E-state index in [4.69, 9.17) is 10.3 Å². The molecule has 18 heavy (non-hydrogen) atoms. The normalized spacial score (nSPS) is 23.4. The van der Waals surface area contributed by atoms with Crippen molar-refractivity contribution in [2.24, 2.45) is 5.92 Å². The van der Waals surface area contributed by atoms with Crippen molar-refractivity contribution in [1.29, 1.82) is 0 Å². The molecule has 1 aliphatic rings. The highest BCUT2D eigenvalue weighted by molar-refractivity contribution is 5.58. The number of benzene rings is 1. The molecule has 0 radical (unpaired) electrons. The molecule has 1 fully saturated rings. The van der Waals surface area contributed by atoms with Crippen LogP contribution in [0.15, 0.2) is 28.8 Å². The van der Waals surface area contributed by atoms with Gasteiger partial charge in [-0.3, -0.25) is 0 Å². The van der Waals surface area contributed by atoms with Crippen LogP contribution < -0.4 is 5.73 Å². The summed E-state index contributed by atoms with van der Waals surface area (Å²) in [6.07, 6.45) is 3.67. The highest BCUT2D eigenvalue weighted by Crippen LogP contribution is 2.38. The average molecular weight is 243 g/mol. The summed E-state index contributed by atoms with van der Waals surface area (Å²) in [5, 5.41) is 4.07. The first kappa shape index (κ1) is 11.3. The second-order valence-electron chi connectivity index (χ2n) is 5.09. The number of nitrogens with two attached hydrogens (primary N) is 1. The Morgan fingerprint density at radius 2 is 2.00 bits per heavy atom. The topological polar surface area (TPSA) is 64.9 Å². The van der Waals surface area contributed by atoms with E-state index < -0.39 is 0 Å². The second kappa shape index (κ2) is 4.44. The molecule has 2 unspecified atom stereocenters. The Bertz CT molecular complexity index is 532. The van der Waals surface area contributed by atoms with Crippen LogP contribution in [-0.2, 0) is 0 Å². The first-order valence-corrected chi connectivity index (χ1v) is 6.43. The van der Waals surface area contributed by atoms with Gasteiger partial charge in [-0.1, -0.05) is 18.5 Å². The molecule has 1 saturated carbocycles. The van der Waals surface area contributed by atoms with Crippen LogP contribution in [0.2, 0.25) is 0 Å². The molecule has 0 saturated heterocycles. The van der Waals surface area contributed by atoms with Gasteiger partial charge in [0.05, 0.1) is 0 Å². The fourth-order valence-corrected chi connectivity index (χ4v) is 2.65. The van der Waals surface area contributed by atoms with Crippen LogP contribution in [0.5, 0.6) is 0 Å². The van der Waals surface area contributed by atoms with Gasteiger partial charge in [0.15, 0.2) is 0 Å². The SMILES string of the molecule is CC1CCCC1c1nc(-c2ccc(N)cc2)no1. The molecule has 1 aromatic heterocycles. The molecular formula is C14H17N3O. The number of nitrogens with zero attached hydrogens (tertiary/aromatic N) is 2. The van der Waals surface area contributed by atoms with Crippen LogP contribution in [0.4, 0.5) is 5.69 Å². The van der Waals surface area contributed by atoms with Gasteiger partial charge in [-0.25, -0.2) is 0 Å². The molecule has 0 aliphatic heterocycles. The van der Waals surface area contributed by atoms with E-state index in [0.717, 1.165) is 23.6 Å². The molecule has 0 spiro atoms. The van der Waals surface area contributed by atoms with E-state index in [9.17, 15) is 0 Å². The molecule has 1 aliphatic carbocycles. The first-order valence-electron chi connectivity index (χ1n) is 6.43. The van der Waals surface area contributed by atoms with Gasteiger partial charge >= 0.3 is 0 Å². The van der Waals surface area contributed by atoms with Crippen LogP contribution in [0.25, 0.3) is 11.4 Å². The molecule has 94 valence electrons. The van der Waals surface area contributed by atoms with Crippen molar-refractivity contribution in [3.8, 4) is 11.4 Å². The minimum atomic E-state index is 0.431. The Labute approximate surface area is 106 Å². The Morgan fingerprint density at radius 3 is 2.67 bits per heavy atom. The molecular weight excluding hydrogens is 226 g/mol. The van der Waals surface area contributed by atoms with Gasteiger partial charge in [-0.15, -0.1) is 0 Å². The minimum absolute atomic E-state index is 0.431. The monoisotopic (exact) mass is 243 g/mol. The van der Waals surface area contributed by atoms with Gasteiger partial charge in [0.1, 0.15) is 0 Å². The second-order valence-corrected chi connectivity index (χ2v) is 5.09. The van der Waals surface area contributed by atoms with Crippen molar-refractivity contribution in [3.05, 3.63) is 30.2 Å². The van der Waals surface area contributed by atoms with Gasteiger partial charge in [0.25, 0.3) is 0 Å². The number of anilines is 1. The summed E-state index contributed by atoms with van der Waals surface area (Å²) in [5.41, 5.74) is 7.35. The quantitative estimate of drug-likeness (QED) is 0.822. The number of hydrogen-bond donors (Lipinski definition) is 1. The summed E-state index contributed by atoms with van der Waals surface area (Å²) < 4.78 is 5.41. The minimum Gasteiger partial charge on any atom is -0.399 e. The van der Waals surface area contributed by atoms with E-state index in [-0.39, 0.29) is 0 Å². The van der Waals surface area contributed by atoms with Gasteiger partial charge in [-0.05, 0) is 43.0 Å². The van der Waals surface area contributed by atoms with Gasteiger partial charge in [0.2, 0.25) is 11.7 Å². The summed E-state index contributed by atoms with van der Waals surface area (Å²) in [6.45, 7) is 2.25. The van der Waals surface area contributed by atoms with E-state index >= 15 is 0 Å². The molecule has 0 amide bonds. The maximum atomic E-state index is 5.66. The lowest BCUT2D eigenvalue weighted by atomic mass is 9.98. The molecule has 1 heterocycles. The van der Waals surface area contributed by atoms with Crippen molar-refractivity contribution >= 4 is 5.69 Å². The molecule has 4 heteroatoms. The zero-order chi connectivity index (χ0) is 12.5. The van der Waals surface area contributed by atoms with Crippen molar-refractivity contribution in [2.75, 3.05) is 5.73 Å². The Balaban J connectivity index is 1.87. The summed E-state index contributed by atoms with van der Waals surface area (Å²) >= 11 is 0. The van der Waals surface area contributed by atoms with Crippen molar-refractivity contribution in [3.63, 3.8) is 0 Å². The predicted molar refractivity (Wildman–Crippen MR) is 69.9 cm³/mol. The van der Waals surface area contributed by atoms with Crippen LogP contribution >= 0.6 is 0 Å². The zero-order valence-electron chi connectivity index (χ0n) is 10.5. The molecule has 4 nitrogen and oxygen atoms in total. The van der Waals surface area contributed by atoms with E-state index in [1.165, 1.54) is 12.8 Å². The summed E-state index contributed by atoms with van der Waals surface area (Å²) in [4.78, 5) is 4.52. The van der Waals surface area contributed by atoms with Crippen molar-refractivity contribution < 1.29 is 4.52 Å². The van der Waals surface area contributed by atoms with Crippen molar-refractivity contribution in [1.82, 2.24) is 10.1 Å². The number of hydrogen-bond acceptors (Lipinski definition) is 4. The standard InChI is InChI=1S/C14H17N3O/c1-9-3-2-4-12(9)14-16-13(17-18-14)10-5-7-11(15)8-6-10/h5-9,12H,2-4,15H2,1H3. The summed E-state index contributed by atoms with van der Waals surface area (Å²) in [6, 6.07) is 7.54. The smallest absolute Gasteiger partial charge is 0.230 e. The number of nitrogen functional groups attached to an aromatic ring is 1. The maximum Gasteiger partial charge on any atom is 0.230 e. The molecule has 2 aromatic rings. The summed E-state index contributed by atoms with van der Waals surface area (Å²) in [7, 11) is 0. The predicted octanol–water partition coefficient (Wildman–Crippen LogP) is 3.22. The van der Waals surface area contributed by atoms with E-state index in [1.54, 1.807) is 0 Å². The van der Waals surface area contributed by atoms with E-state index in [0.29, 0.717) is 17.7 Å². The lowest BCUT2D eigenvalue weighted by molar-refractivity contribution is 0.331. The van der Waals surface area contributed by atoms with Gasteiger partial charge < -0.3 is 10.3 Å². The maximum absolute atomic E-state index is 5.66. The van der Waals surface area contributed by atoms with Crippen LogP contribution in [0, 0.1) is 5.92 Å². The largest absolute Gasteiger partial charge is 0.399 e. The lowest BCUT2D eigenvalue weighted by Gasteiger charge is -2.08. The van der Waals surface area contributed by atoms with Crippen LogP contribution in [0.3, 0.4) is 0 Å². The van der Waals surface area contributed by atoms with Crippen LogP contribution in [0.1, 0.15) is 38.0 Å². The molecule has 0 bridgehead atoms. The fourth-order valence-electron chi connectivity index (χ4n) is 2.65. The van der Waals surface area contributed by atoms with Gasteiger partial charge in [-0.2, -0.15) is 4.98 Å². The van der Waals surface area contributed by atoms with E-state index in [2.05, 4.69) is 17.1 Å². The third kappa shape index (κ3) is 1.98. The molecule has 2 N–H and O–H groups in total. The average Bonchev–Trinajstić information content (AvgIpc) is 2.98. The summed E-state index contributed by atoms with van der Waals surface area (Å²) in [5.74, 6) is 2.51. The Hall–Kier alpha value is -1.84. The number of rotatable bonds is 2. The Kier molecular flexibility index (Phi) is 2.78. The van der Waals surface area contributed by atoms with E-state index in [1.807, 2.05) is 24.3 Å². The number of aromatic nitrogens is 2. The third-order valence-corrected chi connectivity index (χ3v) is 3.79. The fraction of sp³-hybridized carbons (Fsp3) is 0.429. The Morgan fingerprint density at radius 1 is 1.22 bits per heavy atom. The molecule has 2 atom stereocenters. The zero-order valence-corrected chi connectivity index (χ0v) is 10.5. The van der Waals surface area contributed by atoms with Crippen LogP contribution in [-0.4, -0.2) is 10.1 Å². The molecule has 3 rings (SSSR count). The van der Waals surface area contributed by atoms with Crippen molar-refractivity contribution in [2.45, 2.75) is 32.1 Å². The lowest BCUT2D eigenvalue weighted by Crippen LogP contribution is -2.02.